The lowest BCUT2D eigenvalue weighted by atomic mass is 9.89. The summed E-state index contributed by atoms with van der Waals surface area (Å²) in [6.45, 7) is 9.63. The number of nitrogens with zero attached hydrogens (tertiary/aromatic N) is 1. The molecular formula is C24H32N2O4S. The maximum Gasteiger partial charge on any atom is 0.244 e. The minimum atomic E-state index is -3.68. The molecule has 0 aromatic heterocycles. The van der Waals surface area contributed by atoms with Crippen LogP contribution in [0.25, 0.3) is 0 Å². The number of ether oxygens (including phenoxy) is 1. The number of hydrogen-bond acceptors (Lipinski definition) is 4. The zero-order valence-electron chi connectivity index (χ0n) is 19.1. The van der Waals surface area contributed by atoms with Crippen LogP contribution in [0.5, 0.6) is 5.75 Å². The number of nitrogens with one attached hydrogen (secondary N) is 1. The molecule has 0 unspecified atom stereocenters. The molecule has 1 aliphatic rings. The topological polar surface area (TPSA) is 75.7 Å². The first-order chi connectivity index (χ1) is 14.4. The summed E-state index contributed by atoms with van der Waals surface area (Å²) in [7, 11) is -3.68. The van der Waals surface area contributed by atoms with E-state index in [0.717, 1.165) is 28.7 Å². The number of benzene rings is 2. The Balaban J connectivity index is 1.96. The third-order valence-corrected chi connectivity index (χ3v) is 6.66. The van der Waals surface area contributed by atoms with Gasteiger partial charge in [-0.3, -0.25) is 9.10 Å². The molecule has 1 aliphatic heterocycles. The van der Waals surface area contributed by atoms with Crippen molar-refractivity contribution in [3.05, 3.63) is 59.2 Å². The van der Waals surface area contributed by atoms with E-state index in [1.807, 2.05) is 65.0 Å². The molecule has 31 heavy (non-hydrogen) atoms. The van der Waals surface area contributed by atoms with Gasteiger partial charge >= 0.3 is 0 Å². The number of aryl methyl sites for hydroxylation is 2. The van der Waals surface area contributed by atoms with E-state index in [2.05, 4.69) is 5.32 Å². The Kier molecular flexibility index (Phi) is 6.37. The highest BCUT2D eigenvalue weighted by molar-refractivity contribution is 7.92. The van der Waals surface area contributed by atoms with Crippen LogP contribution in [-0.2, 0) is 14.8 Å². The molecule has 1 N–H and O–H groups in total. The molecule has 0 aliphatic carbocycles. The van der Waals surface area contributed by atoms with E-state index in [1.54, 1.807) is 12.1 Å². The molecule has 0 spiro atoms. The first kappa shape index (κ1) is 23.1. The van der Waals surface area contributed by atoms with E-state index in [0.29, 0.717) is 18.5 Å². The first-order valence-electron chi connectivity index (χ1n) is 10.6. The highest BCUT2D eigenvalue weighted by Crippen LogP contribution is 2.39. The molecule has 0 fully saturated rings. The molecule has 2 aromatic rings. The van der Waals surface area contributed by atoms with Crippen molar-refractivity contribution < 1.29 is 17.9 Å². The predicted octanol–water partition coefficient (Wildman–Crippen LogP) is 4.27. The summed E-state index contributed by atoms with van der Waals surface area (Å²) in [5.41, 5.74) is 2.85. The van der Waals surface area contributed by atoms with E-state index in [4.69, 9.17) is 4.74 Å². The maximum absolute atomic E-state index is 13.4. The van der Waals surface area contributed by atoms with Crippen LogP contribution in [0.4, 0.5) is 5.69 Å². The smallest absolute Gasteiger partial charge is 0.244 e. The number of anilines is 1. The van der Waals surface area contributed by atoms with Crippen LogP contribution in [0.1, 0.15) is 56.3 Å². The summed E-state index contributed by atoms with van der Waals surface area (Å²) in [5, 5.41) is 3.11. The van der Waals surface area contributed by atoms with E-state index in [1.165, 1.54) is 4.31 Å². The number of carbonyl (C=O) groups excluding carboxylic acids is 1. The highest BCUT2D eigenvalue weighted by atomic mass is 32.2. The van der Waals surface area contributed by atoms with Crippen LogP contribution < -0.4 is 14.4 Å². The second kappa shape index (κ2) is 8.54. The van der Waals surface area contributed by atoms with Crippen molar-refractivity contribution in [1.29, 1.82) is 0 Å². The van der Waals surface area contributed by atoms with Gasteiger partial charge in [-0.2, -0.15) is 0 Å². The lowest BCUT2D eigenvalue weighted by molar-refractivity contribution is -0.123. The van der Waals surface area contributed by atoms with Crippen LogP contribution in [0.2, 0.25) is 0 Å². The van der Waals surface area contributed by atoms with E-state index >= 15 is 0 Å². The lowest BCUT2D eigenvalue weighted by Crippen LogP contribution is -2.51. The third kappa shape index (κ3) is 5.21. The van der Waals surface area contributed by atoms with Gasteiger partial charge in [0.2, 0.25) is 15.9 Å². The molecule has 0 saturated carbocycles. The second-order valence-corrected chi connectivity index (χ2v) is 10.9. The minimum Gasteiger partial charge on any atom is -0.487 e. The van der Waals surface area contributed by atoms with Gasteiger partial charge in [-0.25, -0.2) is 8.42 Å². The zero-order chi connectivity index (χ0) is 23.0. The van der Waals surface area contributed by atoms with Crippen LogP contribution in [0.15, 0.2) is 42.5 Å². The van der Waals surface area contributed by atoms with Crippen LogP contribution in [0, 0.1) is 13.8 Å². The van der Waals surface area contributed by atoms with Crippen molar-refractivity contribution in [1.82, 2.24) is 5.32 Å². The second-order valence-electron chi connectivity index (χ2n) is 8.99. The summed E-state index contributed by atoms with van der Waals surface area (Å²) in [6, 6.07) is 12.1. The number of fused-ring (bicyclic) bond motifs is 1. The van der Waals surface area contributed by atoms with Crippen molar-refractivity contribution in [2.45, 2.75) is 65.1 Å². The van der Waals surface area contributed by atoms with Gasteiger partial charge in [0.1, 0.15) is 17.4 Å². The van der Waals surface area contributed by atoms with Gasteiger partial charge in [-0.15, -0.1) is 0 Å². The van der Waals surface area contributed by atoms with Crippen molar-refractivity contribution in [3.8, 4) is 5.75 Å². The zero-order valence-corrected chi connectivity index (χ0v) is 19.9. The first-order valence-corrected chi connectivity index (χ1v) is 12.4. The standard InChI is InChI=1S/C24H32N2O4S/c1-7-21(26(31(6,28)29)18-13-16(2)12-17(3)14-18)23(27)25-20-15-24(4,5)30-22-11-9-8-10-19(20)22/h8-14,20-21H,7,15H2,1-6H3,(H,25,27)/t20-,21-/m1/s1. The molecule has 2 aromatic carbocycles. The maximum atomic E-state index is 13.4. The Hall–Kier alpha value is -2.54. The molecule has 0 saturated heterocycles. The summed E-state index contributed by atoms with van der Waals surface area (Å²) in [4.78, 5) is 13.4. The number of sulfonamides is 1. The van der Waals surface area contributed by atoms with Crippen molar-refractivity contribution in [2.75, 3.05) is 10.6 Å². The summed E-state index contributed by atoms with van der Waals surface area (Å²) in [6.07, 6.45) is 2.09. The Morgan fingerprint density at radius 1 is 1.19 bits per heavy atom. The van der Waals surface area contributed by atoms with Gasteiger partial charge < -0.3 is 10.1 Å². The Morgan fingerprint density at radius 3 is 2.39 bits per heavy atom. The minimum absolute atomic E-state index is 0.262. The molecule has 7 heteroatoms. The Bertz CT molecular complexity index is 1060. The van der Waals surface area contributed by atoms with E-state index < -0.39 is 21.7 Å². The van der Waals surface area contributed by atoms with Gasteiger partial charge in [0.15, 0.2) is 0 Å². The van der Waals surface area contributed by atoms with Crippen molar-refractivity contribution in [3.63, 3.8) is 0 Å². The van der Waals surface area contributed by atoms with E-state index in [9.17, 15) is 13.2 Å². The molecular weight excluding hydrogens is 412 g/mol. The lowest BCUT2D eigenvalue weighted by Gasteiger charge is -2.39. The van der Waals surface area contributed by atoms with E-state index in [-0.39, 0.29) is 11.9 Å². The van der Waals surface area contributed by atoms with Crippen LogP contribution in [-0.4, -0.2) is 32.2 Å². The average molecular weight is 445 g/mol. The van der Waals surface area contributed by atoms with Crippen LogP contribution in [0.3, 0.4) is 0 Å². The normalized spacial score (nSPS) is 18.5. The van der Waals surface area contributed by atoms with Gasteiger partial charge in [0, 0.05) is 12.0 Å². The summed E-state index contributed by atoms with van der Waals surface area (Å²) < 4.78 is 32.9. The Labute approximate surface area is 185 Å². The fraction of sp³-hybridized carbons (Fsp3) is 0.458. The SMILES string of the molecule is CC[C@H](C(=O)N[C@@H]1CC(C)(C)Oc2ccccc21)N(c1cc(C)cc(C)c1)S(C)(=O)=O. The number of carbonyl (C=O) groups is 1. The van der Waals surface area contributed by atoms with Gasteiger partial charge in [0.25, 0.3) is 0 Å². The van der Waals surface area contributed by atoms with Crippen molar-refractivity contribution >= 4 is 21.6 Å². The molecule has 6 nitrogen and oxygen atoms in total. The number of hydrogen-bond donors (Lipinski definition) is 1. The molecule has 0 radical (unpaired) electrons. The molecule has 1 heterocycles. The number of para-hydroxylation sites is 1. The van der Waals surface area contributed by atoms with Gasteiger partial charge in [-0.1, -0.05) is 31.2 Å². The number of rotatable bonds is 6. The largest absolute Gasteiger partial charge is 0.487 e. The number of amides is 1. The average Bonchev–Trinajstić information content (AvgIpc) is 2.63. The van der Waals surface area contributed by atoms with Crippen molar-refractivity contribution in [2.24, 2.45) is 0 Å². The summed E-state index contributed by atoms with van der Waals surface area (Å²) >= 11 is 0. The molecule has 168 valence electrons. The van der Waals surface area contributed by atoms with Gasteiger partial charge in [-0.05, 0) is 63.4 Å². The highest BCUT2D eigenvalue weighted by Gasteiger charge is 2.37. The van der Waals surface area contributed by atoms with Gasteiger partial charge in [0.05, 0.1) is 18.0 Å². The Morgan fingerprint density at radius 2 is 1.81 bits per heavy atom. The molecule has 0 bridgehead atoms. The molecule has 2 atom stereocenters. The van der Waals surface area contributed by atoms with Crippen LogP contribution >= 0.6 is 0 Å². The quantitative estimate of drug-likeness (QED) is 0.722. The fourth-order valence-corrected chi connectivity index (χ4v) is 5.53. The summed E-state index contributed by atoms with van der Waals surface area (Å²) in [5.74, 6) is 0.427. The third-order valence-electron chi connectivity index (χ3n) is 5.48. The molecule has 3 rings (SSSR count). The predicted molar refractivity (Wildman–Crippen MR) is 124 cm³/mol. The monoisotopic (exact) mass is 444 g/mol. The molecule has 1 amide bonds. The fourth-order valence-electron chi connectivity index (χ4n) is 4.34.